The second kappa shape index (κ2) is 4.85. The van der Waals surface area contributed by atoms with Crippen molar-refractivity contribution >= 4 is 27.1 Å². The molecule has 86 valence electrons. The lowest BCUT2D eigenvalue weighted by Crippen LogP contribution is -2.33. The highest BCUT2D eigenvalue weighted by Crippen LogP contribution is 2.30. The van der Waals surface area contributed by atoms with Gasteiger partial charge in [0, 0.05) is 28.1 Å². The zero-order chi connectivity index (χ0) is 11.5. The third-order valence-corrected chi connectivity index (χ3v) is 3.84. The molecule has 0 aliphatic carbocycles. The number of nitrogens with one attached hydrogen (secondary N) is 1. The van der Waals surface area contributed by atoms with E-state index in [1.54, 1.807) is 11.3 Å². The first-order valence-corrected chi connectivity index (χ1v) is 6.53. The molecule has 16 heavy (non-hydrogen) atoms. The highest BCUT2D eigenvalue weighted by molar-refractivity contribution is 7.17. The van der Waals surface area contributed by atoms with Crippen LogP contribution < -0.4 is 11.1 Å². The smallest absolute Gasteiger partial charge is 0.0531 e. The Morgan fingerprint density at radius 2 is 2.06 bits per heavy atom. The molecule has 2 rings (SSSR count). The molecule has 0 saturated heterocycles. The first-order chi connectivity index (χ1) is 7.72. The van der Waals surface area contributed by atoms with Crippen molar-refractivity contribution in [3.63, 3.8) is 0 Å². The highest BCUT2D eigenvalue weighted by Gasteiger charge is 2.12. The molecule has 0 spiro atoms. The van der Waals surface area contributed by atoms with Gasteiger partial charge in [0.15, 0.2) is 0 Å². The van der Waals surface area contributed by atoms with Crippen LogP contribution in [0.4, 0.5) is 5.69 Å². The molecule has 3 heteroatoms. The Bertz CT molecular complexity index is 462. The molecule has 1 unspecified atom stereocenters. The van der Waals surface area contributed by atoms with Gasteiger partial charge in [-0.05, 0) is 12.0 Å². The van der Waals surface area contributed by atoms with Crippen molar-refractivity contribution in [2.75, 3.05) is 11.9 Å². The summed E-state index contributed by atoms with van der Waals surface area (Å²) in [5, 5.41) is 7.01. The number of benzene rings is 1. The maximum atomic E-state index is 5.78. The molecule has 3 N–H and O–H groups in total. The van der Waals surface area contributed by atoms with Gasteiger partial charge in [0.25, 0.3) is 0 Å². The predicted octanol–water partition coefficient (Wildman–Crippen LogP) is 3.30. The maximum Gasteiger partial charge on any atom is 0.0531 e. The van der Waals surface area contributed by atoms with Gasteiger partial charge in [-0.25, -0.2) is 0 Å². The van der Waals surface area contributed by atoms with Gasteiger partial charge in [-0.15, -0.1) is 11.3 Å². The van der Waals surface area contributed by atoms with Crippen LogP contribution in [0.2, 0.25) is 0 Å². The van der Waals surface area contributed by atoms with E-state index in [9.17, 15) is 0 Å². The minimum atomic E-state index is 0.345. The van der Waals surface area contributed by atoms with Gasteiger partial charge < -0.3 is 11.1 Å². The minimum absolute atomic E-state index is 0.345. The normalized spacial score (nSPS) is 13.2. The number of thiophene rings is 1. The van der Waals surface area contributed by atoms with E-state index in [1.807, 2.05) is 0 Å². The number of nitrogens with two attached hydrogens (primary N) is 1. The number of anilines is 1. The lowest BCUT2D eigenvalue weighted by atomic mass is 10.0. The average molecular weight is 234 g/mol. The molecule has 2 aromatic rings. The van der Waals surface area contributed by atoms with Crippen molar-refractivity contribution in [1.29, 1.82) is 0 Å². The first-order valence-electron chi connectivity index (χ1n) is 5.65. The van der Waals surface area contributed by atoms with Gasteiger partial charge in [0.2, 0.25) is 0 Å². The lowest BCUT2D eigenvalue weighted by molar-refractivity contribution is 0.532. The Hall–Kier alpha value is -1.06. The van der Waals surface area contributed by atoms with Gasteiger partial charge in [-0.2, -0.15) is 0 Å². The molecular weight excluding hydrogens is 216 g/mol. The zero-order valence-electron chi connectivity index (χ0n) is 9.73. The van der Waals surface area contributed by atoms with Gasteiger partial charge in [-0.3, -0.25) is 0 Å². The number of hydrogen-bond donors (Lipinski definition) is 2. The molecule has 0 bridgehead atoms. The summed E-state index contributed by atoms with van der Waals surface area (Å²) in [6, 6.07) is 8.80. The number of hydrogen-bond acceptors (Lipinski definition) is 3. The van der Waals surface area contributed by atoms with Crippen LogP contribution in [-0.2, 0) is 0 Å². The fourth-order valence-electron chi connectivity index (χ4n) is 1.79. The molecule has 2 nitrogen and oxygen atoms in total. The van der Waals surface area contributed by atoms with E-state index in [0.29, 0.717) is 18.5 Å². The largest absolute Gasteiger partial charge is 0.380 e. The third kappa shape index (κ3) is 2.20. The number of fused-ring (bicyclic) bond motifs is 1. The summed E-state index contributed by atoms with van der Waals surface area (Å²) in [6.45, 7) is 5.06. The van der Waals surface area contributed by atoms with Crippen molar-refractivity contribution in [1.82, 2.24) is 0 Å². The summed E-state index contributed by atoms with van der Waals surface area (Å²) in [5.41, 5.74) is 6.99. The second-order valence-electron chi connectivity index (χ2n) is 4.38. The zero-order valence-corrected chi connectivity index (χ0v) is 10.6. The molecule has 1 aromatic heterocycles. The summed E-state index contributed by atoms with van der Waals surface area (Å²) >= 11 is 1.77. The molecule has 1 aromatic carbocycles. The Morgan fingerprint density at radius 1 is 1.31 bits per heavy atom. The van der Waals surface area contributed by atoms with E-state index < -0.39 is 0 Å². The number of rotatable bonds is 4. The average Bonchev–Trinajstić information content (AvgIpc) is 2.69. The summed E-state index contributed by atoms with van der Waals surface area (Å²) < 4.78 is 1.32. The summed E-state index contributed by atoms with van der Waals surface area (Å²) in [4.78, 5) is 0. The molecule has 1 atom stereocenters. The molecule has 0 radical (unpaired) electrons. The third-order valence-electron chi connectivity index (χ3n) is 2.88. The Labute approximate surface area is 100 Å². The summed E-state index contributed by atoms with van der Waals surface area (Å²) in [6.07, 6.45) is 0. The fourth-order valence-corrected chi connectivity index (χ4v) is 2.69. The van der Waals surface area contributed by atoms with Crippen LogP contribution in [0.15, 0.2) is 29.6 Å². The standard InChI is InChI=1S/C13H18N2S/c1-9(2)11(7-14)15-12-8-16-13-6-4-3-5-10(12)13/h3-6,8-9,11,15H,7,14H2,1-2H3. The van der Waals surface area contributed by atoms with Gasteiger partial charge in [0.1, 0.15) is 0 Å². The molecular formula is C13H18N2S. The first kappa shape index (κ1) is 11.4. The van der Waals surface area contributed by atoms with E-state index in [0.717, 1.165) is 0 Å². The van der Waals surface area contributed by atoms with E-state index >= 15 is 0 Å². The molecule has 0 fully saturated rings. The van der Waals surface area contributed by atoms with Crippen molar-refractivity contribution in [2.45, 2.75) is 19.9 Å². The van der Waals surface area contributed by atoms with Crippen LogP contribution in [0, 0.1) is 5.92 Å². The quantitative estimate of drug-likeness (QED) is 0.852. The van der Waals surface area contributed by atoms with Gasteiger partial charge in [-0.1, -0.05) is 32.0 Å². The van der Waals surface area contributed by atoms with Crippen LogP contribution >= 0.6 is 11.3 Å². The SMILES string of the molecule is CC(C)C(CN)Nc1csc2ccccc12. The predicted molar refractivity (Wildman–Crippen MR) is 73.1 cm³/mol. The summed E-state index contributed by atoms with van der Waals surface area (Å²) in [7, 11) is 0. The van der Waals surface area contributed by atoms with Crippen LogP contribution in [0.1, 0.15) is 13.8 Å². The Kier molecular flexibility index (Phi) is 3.46. The van der Waals surface area contributed by atoms with E-state index in [2.05, 4.69) is 48.8 Å². The molecule has 0 aliphatic rings. The van der Waals surface area contributed by atoms with E-state index in [4.69, 9.17) is 5.73 Å². The highest BCUT2D eigenvalue weighted by atomic mass is 32.1. The molecule has 0 saturated carbocycles. The molecule has 0 amide bonds. The van der Waals surface area contributed by atoms with Crippen molar-refractivity contribution in [2.24, 2.45) is 11.7 Å². The maximum absolute atomic E-state index is 5.78. The Morgan fingerprint density at radius 3 is 2.75 bits per heavy atom. The molecule has 0 aliphatic heterocycles. The second-order valence-corrected chi connectivity index (χ2v) is 5.29. The van der Waals surface area contributed by atoms with Crippen LogP contribution in [0.25, 0.3) is 10.1 Å². The monoisotopic (exact) mass is 234 g/mol. The van der Waals surface area contributed by atoms with Gasteiger partial charge >= 0.3 is 0 Å². The fraction of sp³-hybridized carbons (Fsp3) is 0.385. The lowest BCUT2D eigenvalue weighted by Gasteiger charge is -2.21. The van der Waals surface area contributed by atoms with Crippen LogP contribution in [0.5, 0.6) is 0 Å². The van der Waals surface area contributed by atoms with Crippen molar-refractivity contribution in [3.05, 3.63) is 29.6 Å². The topological polar surface area (TPSA) is 38.0 Å². The van der Waals surface area contributed by atoms with E-state index in [-0.39, 0.29) is 0 Å². The van der Waals surface area contributed by atoms with Gasteiger partial charge in [0.05, 0.1) is 5.69 Å². The summed E-state index contributed by atoms with van der Waals surface area (Å²) in [5.74, 6) is 0.545. The molecule has 1 heterocycles. The Balaban J connectivity index is 2.27. The van der Waals surface area contributed by atoms with Crippen molar-refractivity contribution < 1.29 is 0 Å². The van der Waals surface area contributed by atoms with Crippen LogP contribution in [-0.4, -0.2) is 12.6 Å². The van der Waals surface area contributed by atoms with E-state index in [1.165, 1.54) is 15.8 Å². The minimum Gasteiger partial charge on any atom is -0.380 e. The van der Waals surface area contributed by atoms with Crippen LogP contribution in [0.3, 0.4) is 0 Å². The van der Waals surface area contributed by atoms with Crippen molar-refractivity contribution in [3.8, 4) is 0 Å².